The quantitative estimate of drug-likeness (QED) is 0.232. The fourth-order valence-electron chi connectivity index (χ4n) is 0. The maximum Gasteiger partial charge on any atom is 0.126 e. The lowest BCUT2D eigenvalue weighted by Crippen LogP contribution is -1.99. The van der Waals surface area contributed by atoms with Gasteiger partial charge in [0.05, 0.1) is 0 Å². The minimum atomic E-state index is 0.387. The van der Waals surface area contributed by atoms with Gasteiger partial charge in [-0.2, -0.15) is 0 Å². The number of halogens is 1. The Morgan fingerprint density at radius 2 is 2.00 bits per heavy atom. The highest BCUT2D eigenvalue weighted by molar-refractivity contribution is 14.1. The van der Waals surface area contributed by atoms with Gasteiger partial charge in [-0.3, -0.25) is 0 Å². The first-order chi connectivity index (χ1) is 2.00. The molecule has 0 rings (SSSR count). The first-order valence-electron chi connectivity index (χ1n) is 1.48. The molecule has 0 N–H and O–H groups in total. The molecule has 0 aliphatic heterocycles. The third kappa shape index (κ3) is 36.2. The van der Waals surface area contributed by atoms with Crippen molar-refractivity contribution in [2.75, 3.05) is 0 Å². The van der Waals surface area contributed by atoms with Crippen LogP contribution in [-0.4, -0.2) is 10.9 Å². The predicted molar refractivity (Wildman–Crippen MR) is 40.7 cm³/mol. The Balaban J connectivity index is 3.02. The lowest BCUT2D eigenvalue weighted by Gasteiger charge is -2.02. The van der Waals surface area contributed by atoms with E-state index >= 15 is 0 Å². The lowest BCUT2D eigenvalue weighted by molar-refractivity contribution is 1.37. The highest BCUT2D eigenvalue weighted by Crippen LogP contribution is 2.19. The molecular weight excluding hydrogens is 193 g/mol. The maximum absolute atomic E-state index is 2.70. The molecular formula is C2H7BIP. The van der Waals surface area contributed by atoms with Crippen LogP contribution < -0.4 is 0 Å². The molecule has 0 saturated heterocycles. The van der Waals surface area contributed by atoms with E-state index in [1.54, 1.807) is 0 Å². The maximum atomic E-state index is 2.70. The molecule has 0 aliphatic carbocycles. The van der Waals surface area contributed by atoms with Crippen LogP contribution in [0.2, 0.25) is 0 Å². The molecule has 0 saturated carbocycles. The molecule has 0 fully saturated rings. The van der Waals surface area contributed by atoms with E-state index in [1.807, 2.05) is 0 Å². The Hall–Kier alpha value is 1.22. The van der Waals surface area contributed by atoms with Gasteiger partial charge < -0.3 is 0 Å². The summed E-state index contributed by atoms with van der Waals surface area (Å²) in [6.07, 6.45) is 0. The van der Waals surface area contributed by atoms with Crippen LogP contribution in [-0.2, 0) is 0 Å². The highest BCUT2D eigenvalue weighted by atomic mass is 127. The Morgan fingerprint density at radius 1 is 2.00 bits per heavy atom. The van der Waals surface area contributed by atoms with Crippen molar-refractivity contribution in [3.05, 3.63) is 0 Å². The average Bonchev–Trinajstić information content (AvgIpc) is 0.722. The summed E-state index contributed by atoms with van der Waals surface area (Å²) in [7, 11) is 4.84. The van der Waals surface area contributed by atoms with Crippen LogP contribution in [0.4, 0.5) is 0 Å². The summed E-state index contributed by atoms with van der Waals surface area (Å²) < 4.78 is 0.387. The summed E-state index contributed by atoms with van der Waals surface area (Å²) in [6, 6.07) is 0. The molecule has 3 heteroatoms. The molecule has 0 radical (unpaired) electrons. The van der Waals surface area contributed by atoms with Gasteiger partial charge >= 0.3 is 0 Å². The van der Waals surface area contributed by atoms with Crippen molar-refractivity contribution in [1.82, 2.24) is 0 Å². The predicted octanol–water partition coefficient (Wildman–Crippen LogP) is 0.603. The summed E-state index contributed by atoms with van der Waals surface area (Å²) in [4.78, 5) is 0. The standard InChI is InChI=1S/C2H7BIP/c1-2(3,4)5/h3,5H2,1H3/t2-/m0/s1. The van der Waals surface area contributed by atoms with Crippen LogP contribution in [0, 0.1) is 0 Å². The molecule has 30 valence electrons. The van der Waals surface area contributed by atoms with Crippen LogP contribution in [0.15, 0.2) is 0 Å². The van der Waals surface area contributed by atoms with Gasteiger partial charge in [-0.25, -0.2) is 0 Å². The first-order valence-corrected chi connectivity index (χ1v) is 3.13. The number of hydrogen-bond donors (Lipinski definition) is 0. The average molecular weight is 200 g/mol. The molecule has 0 heterocycles. The summed E-state index contributed by atoms with van der Waals surface area (Å²) in [5.74, 6) is 0. The van der Waals surface area contributed by atoms with Gasteiger partial charge in [0.1, 0.15) is 7.85 Å². The second-order valence-electron chi connectivity index (χ2n) is 1.56. The Bertz CT molecular complexity index is 25.1. The molecule has 0 aromatic rings. The summed E-state index contributed by atoms with van der Waals surface area (Å²) in [5, 5.41) is 0. The molecule has 0 bridgehead atoms. The molecule has 5 heavy (non-hydrogen) atoms. The minimum Gasteiger partial charge on any atom is -0.130 e. The van der Waals surface area contributed by atoms with Gasteiger partial charge in [0.25, 0.3) is 0 Å². The zero-order valence-electron chi connectivity index (χ0n) is 3.46. The molecule has 0 aromatic carbocycles. The van der Waals surface area contributed by atoms with E-state index in [9.17, 15) is 0 Å². The molecule has 0 nitrogen and oxygen atoms in total. The third-order valence-corrected chi connectivity index (χ3v) is 0. The number of alkyl halides is 1. The first kappa shape index (κ1) is 6.22. The minimum absolute atomic E-state index is 0.387. The van der Waals surface area contributed by atoms with Crippen molar-refractivity contribution in [3.63, 3.8) is 0 Å². The molecule has 1 unspecified atom stereocenters. The van der Waals surface area contributed by atoms with Gasteiger partial charge in [-0.15, -0.1) is 9.24 Å². The van der Waals surface area contributed by atoms with Gasteiger partial charge in [0.15, 0.2) is 0 Å². The topological polar surface area (TPSA) is 0 Å². The smallest absolute Gasteiger partial charge is 0.126 e. The number of hydrogen-bond acceptors (Lipinski definition) is 0. The summed E-state index contributed by atoms with van der Waals surface area (Å²) in [6.45, 7) is 2.14. The molecule has 2 atom stereocenters. The van der Waals surface area contributed by atoms with Crippen molar-refractivity contribution < 1.29 is 0 Å². The van der Waals surface area contributed by atoms with Gasteiger partial charge in [0, 0.05) is 3.06 Å². The van der Waals surface area contributed by atoms with Crippen LogP contribution in [0.5, 0.6) is 0 Å². The van der Waals surface area contributed by atoms with E-state index < -0.39 is 0 Å². The lowest BCUT2D eigenvalue weighted by atomic mass is 10.1. The Kier molecular flexibility index (Phi) is 2.22. The van der Waals surface area contributed by atoms with Crippen LogP contribution in [0.3, 0.4) is 0 Å². The Morgan fingerprint density at radius 3 is 2.00 bits per heavy atom. The summed E-state index contributed by atoms with van der Waals surface area (Å²) >= 11 is 2.34. The Labute approximate surface area is 49.8 Å². The second kappa shape index (κ2) is 1.79. The second-order valence-corrected chi connectivity index (χ2v) is 6.96. The van der Waals surface area contributed by atoms with E-state index in [0.29, 0.717) is 3.06 Å². The van der Waals surface area contributed by atoms with Crippen LogP contribution >= 0.6 is 31.8 Å². The van der Waals surface area contributed by atoms with E-state index in [0.717, 1.165) is 0 Å². The van der Waals surface area contributed by atoms with Crippen molar-refractivity contribution in [1.29, 1.82) is 0 Å². The highest BCUT2D eigenvalue weighted by Gasteiger charge is 1.99. The van der Waals surface area contributed by atoms with E-state index in [4.69, 9.17) is 0 Å². The zero-order valence-corrected chi connectivity index (χ0v) is 6.77. The molecule has 0 amide bonds. The largest absolute Gasteiger partial charge is 0.130 e. The molecule has 0 aromatic heterocycles. The van der Waals surface area contributed by atoms with Gasteiger partial charge in [0.2, 0.25) is 0 Å². The molecule has 0 aliphatic rings. The van der Waals surface area contributed by atoms with Gasteiger partial charge in [-0.1, -0.05) is 29.5 Å². The van der Waals surface area contributed by atoms with Gasteiger partial charge in [-0.05, 0) is 0 Å². The fraction of sp³-hybridized carbons (Fsp3) is 1.00. The normalized spacial score (nSPS) is 21.4. The zero-order chi connectivity index (χ0) is 4.50. The third-order valence-electron chi connectivity index (χ3n) is 0. The monoisotopic (exact) mass is 200 g/mol. The fourth-order valence-corrected chi connectivity index (χ4v) is 0. The van der Waals surface area contributed by atoms with Crippen molar-refractivity contribution in [3.8, 4) is 0 Å². The number of rotatable bonds is 0. The van der Waals surface area contributed by atoms with E-state index in [-0.39, 0.29) is 0 Å². The summed E-state index contributed by atoms with van der Waals surface area (Å²) in [5.41, 5.74) is 0. The van der Waals surface area contributed by atoms with Crippen LogP contribution in [0.25, 0.3) is 0 Å². The van der Waals surface area contributed by atoms with E-state index in [2.05, 4.69) is 46.6 Å². The molecule has 0 spiro atoms. The van der Waals surface area contributed by atoms with Crippen molar-refractivity contribution in [2.24, 2.45) is 0 Å². The SMILES string of the molecule is B[C@](C)(P)I. The van der Waals surface area contributed by atoms with Crippen molar-refractivity contribution >= 4 is 39.7 Å². The van der Waals surface area contributed by atoms with Crippen LogP contribution in [0.1, 0.15) is 6.92 Å². The van der Waals surface area contributed by atoms with Crippen molar-refractivity contribution in [2.45, 2.75) is 9.99 Å². The van der Waals surface area contributed by atoms with E-state index in [1.165, 1.54) is 0 Å².